The highest BCUT2D eigenvalue weighted by Crippen LogP contribution is 2.43. The molecule has 1 saturated heterocycles. The molecule has 0 saturated carbocycles. The average Bonchev–Trinajstić information content (AvgIpc) is 3.14. The number of Topliss-reactive ketones (excluding diaryl/α,β-unsaturated/α-hetero) is 1. The van der Waals surface area contributed by atoms with Crippen LogP contribution in [0.5, 0.6) is 5.75 Å². The molecule has 0 radical (unpaired) electrons. The summed E-state index contributed by atoms with van der Waals surface area (Å²) in [6, 6.07) is 14.4. The van der Waals surface area contributed by atoms with Crippen LogP contribution in [0.15, 0.2) is 72.6 Å². The second-order valence-corrected chi connectivity index (χ2v) is 10.1. The van der Waals surface area contributed by atoms with E-state index in [1.165, 1.54) is 11.8 Å². The van der Waals surface area contributed by atoms with Crippen LogP contribution in [0, 0.1) is 0 Å². The van der Waals surface area contributed by atoms with E-state index in [4.69, 9.17) is 4.74 Å². The maximum absolute atomic E-state index is 13.5. The zero-order valence-electron chi connectivity index (χ0n) is 22.1. The number of benzene rings is 2. The predicted octanol–water partition coefficient (Wildman–Crippen LogP) is 5.36. The van der Waals surface area contributed by atoms with Crippen molar-refractivity contribution in [3.8, 4) is 5.75 Å². The van der Waals surface area contributed by atoms with Gasteiger partial charge in [-0.1, -0.05) is 26.8 Å². The van der Waals surface area contributed by atoms with Gasteiger partial charge < -0.3 is 15.2 Å². The zero-order chi connectivity index (χ0) is 27.6. The minimum atomic E-state index is -0.907. The van der Waals surface area contributed by atoms with E-state index in [0.717, 1.165) is 5.56 Å². The van der Waals surface area contributed by atoms with Gasteiger partial charge in [-0.3, -0.25) is 24.3 Å². The molecular formula is C30H31N3O5. The zero-order valence-corrected chi connectivity index (χ0v) is 22.1. The number of aliphatic hydroxyl groups is 1. The van der Waals surface area contributed by atoms with Crippen molar-refractivity contribution in [1.29, 1.82) is 0 Å². The van der Waals surface area contributed by atoms with Crippen LogP contribution >= 0.6 is 0 Å². The monoisotopic (exact) mass is 513 g/mol. The molecule has 196 valence electrons. The van der Waals surface area contributed by atoms with Crippen LogP contribution in [0.1, 0.15) is 57.4 Å². The Bertz CT molecular complexity index is 1420. The van der Waals surface area contributed by atoms with E-state index in [1.807, 2.05) is 27.7 Å². The van der Waals surface area contributed by atoms with Gasteiger partial charge in [0.2, 0.25) is 5.91 Å². The molecule has 1 aromatic heterocycles. The van der Waals surface area contributed by atoms with E-state index in [2.05, 4.69) is 10.3 Å². The summed E-state index contributed by atoms with van der Waals surface area (Å²) >= 11 is 0. The molecule has 0 spiro atoms. The Labute approximate surface area is 222 Å². The third-order valence-electron chi connectivity index (χ3n) is 6.27. The molecule has 1 fully saturated rings. The summed E-state index contributed by atoms with van der Waals surface area (Å²) in [7, 11) is 0. The molecular weight excluding hydrogens is 482 g/mol. The Kier molecular flexibility index (Phi) is 7.35. The fraction of sp³-hybridized carbons (Fsp3) is 0.267. The molecule has 38 heavy (non-hydrogen) atoms. The number of carbonyl (C=O) groups excluding carboxylic acids is 3. The average molecular weight is 514 g/mol. The largest absolute Gasteiger partial charge is 0.507 e. The van der Waals surface area contributed by atoms with Crippen molar-refractivity contribution in [3.05, 3.63) is 89.3 Å². The minimum Gasteiger partial charge on any atom is -0.507 e. The van der Waals surface area contributed by atoms with Gasteiger partial charge in [0.15, 0.2) is 0 Å². The van der Waals surface area contributed by atoms with Gasteiger partial charge in [0, 0.05) is 41.8 Å². The SMILES string of the molecule is CCOc1ccc(/C(O)=C2/C(=O)C(=O)N(c3cccc(NC(C)=O)c3)C2c2ccncc2)cc1C(C)(C)C. The summed E-state index contributed by atoms with van der Waals surface area (Å²) in [6.07, 6.45) is 3.13. The van der Waals surface area contributed by atoms with Crippen LogP contribution in [0.3, 0.4) is 0 Å². The van der Waals surface area contributed by atoms with E-state index in [-0.39, 0.29) is 22.7 Å². The van der Waals surface area contributed by atoms with Crippen LogP contribution < -0.4 is 15.0 Å². The molecule has 2 aromatic carbocycles. The highest BCUT2D eigenvalue weighted by atomic mass is 16.5. The lowest BCUT2D eigenvalue weighted by molar-refractivity contribution is -0.132. The Hall–Kier alpha value is -4.46. The van der Waals surface area contributed by atoms with Crippen LogP contribution in [-0.4, -0.2) is 34.3 Å². The normalized spacial score (nSPS) is 17.0. The standard InChI is InChI=1S/C30H31N3O5/c1-6-38-24-11-10-20(16-23(24)30(3,4)5)27(35)25-26(19-12-14-31-15-13-19)33(29(37)28(25)36)22-9-7-8-21(17-22)32-18(2)34/h7-17,26,35H,6H2,1-5H3,(H,32,34)/b27-25-. The summed E-state index contributed by atoms with van der Waals surface area (Å²) in [5.41, 5.74) is 2.42. The second kappa shape index (κ2) is 10.5. The topological polar surface area (TPSA) is 109 Å². The van der Waals surface area contributed by atoms with E-state index in [0.29, 0.717) is 34.9 Å². The summed E-state index contributed by atoms with van der Waals surface area (Å²) in [5.74, 6) is -1.44. The fourth-order valence-corrected chi connectivity index (χ4v) is 4.60. The van der Waals surface area contributed by atoms with Crippen LogP contribution in [0.4, 0.5) is 11.4 Å². The van der Waals surface area contributed by atoms with Crippen molar-refractivity contribution in [3.63, 3.8) is 0 Å². The predicted molar refractivity (Wildman–Crippen MR) is 146 cm³/mol. The van der Waals surface area contributed by atoms with Gasteiger partial charge in [-0.2, -0.15) is 0 Å². The summed E-state index contributed by atoms with van der Waals surface area (Å²) in [4.78, 5) is 43.9. The highest BCUT2D eigenvalue weighted by molar-refractivity contribution is 6.51. The summed E-state index contributed by atoms with van der Waals surface area (Å²) < 4.78 is 5.80. The highest BCUT2D eigenvalue weighted by Gasteiger charge is 2.47. The molecule has 1 aliphatic rings. The van der Waals surface area contributed by atoms with Gasteiger partial charge in [0.05, 0.1) is 18.2 Å². The van der Waals surface area contributed by atoms with Gasteiger partial charge in [0.1, 0.15) is 11.5 Å². The van der Waals surface area contributed by atoms with Crippen molar-refractivity contribution in [2.24, 2.45) is 0 Å². The number of amides is 2. The maximum atomic E-state index is 13.5. The van der Waals surface area contributed by atoms with E-state index in [1.54, 1.807) is 67.0 Å². The molecule has 3 aromatic rings. The molecule has 8 heteroatoms. The number of pyridine rings is 1. The van der Waals surface area contributed by atoms with Gasteiger partial charge in [-0.15, -0.1) is 0 Å². The third kappa shape index (κ3) is 5.16. The van der Waals surface area contributed by atoms with Crippen molar-refractivity contribution in [1.82, 2.24) is 4.98 Å². The number of ketones is 1. The number of aliphatic hydroxyl groups excluding tert-OH is 1. The molecule has 4 rings (SSSR count). The van der Waals surface area contributed by atoms with Crippen LogP contribution in [-0.2, 0) is 19.8 Å². The smallest absolute Gasteiger partial charge is 0.300 e. The number of hydrogen-bond acceptors (Lipinski definition) is 6. The van der Waals surface area contributed by atoms with Crippen molar-refractivity contribution >= 4 is 34.7 Å². The third-order valence-corrected chi connectivity index (χ3v) is 6.27. The molecule has 2 amide bonds. The fourth-order valence-electron chi connectivity index (χ4n) is 4.60. The Morgan fingerprint density at radius 3 is 2.42 bits per heavy atom. The molecule has 0 bridgehead atoms. The lowest BCUT2D eigenvalue weighted by Crippen LogP contribution is -2.29. The van der Waals surface area contributed by atoms with E-state index < -0.39 is 17.7 Å². The molecule has 0 aliphatic carbocycles. The quantitative estimate of drug-likeness (QED) is 0.261. The van der Waals surface area contributed by atoms with Crippen molar-refractivity contribution in [2.75, 3.05) is 16.8 Å². The van der Waals surface area contributed by atoms with Crippen LogP contribution in [0.2, 0.25) is 0 Å². The Morgan fingerprint density at radius 1 is 1.08 bits per heavy atom. The Balaban J connectivity index is 1.92. The first-order chi connectivity index (χ1) is 18.0. The van der Waals surface area contributed by atoms with Crippen molar-refractivity contribution < 1.29 is 24.2 Å². The lowest BCUT2D eigenvalue weighted by atomic mass is 9.84. The molecule has 1 unspecified atom stereocenters. The summed E-state index contributed by atoms with van der Waals surface area (Å²) in [5, 5.41) is 14.3. The number of rotatable bonds is 6. The maximum Gasteiger partial charge on any atom is 0.300 e. The Morgan fingerprint density at radius 2 is 1.79 bits per heavy atom. The molecule has 1 atom stereocenters. The number of nitrogens with one attached hydrogen (secondary N) is 1. The minimum absolute atomic E-state index is 0.0323. The first-order valence-electron chi connectivity index (χ1n) is 12.4. The van der Waals surface area contributed by atoms with Gasteiger partial charge in [0.25, 0.3) is 11.7 Å². The molecule has 8 nitrogen and oxygen atoms in total. The number of aromatic nitrogens is 1. The lowest BCUT2D eigenvalue weighted by Gasteiger charge is -2.26. The van der Waals surface area contributed by atoms with Crippen LogP contribution in [0.25, 0.3) is 5.76 Å². The van der Waals surface area contributed by atoms with Gasteiger partial charge >= 0.3 is 0 Å². The van der Waals surface area contributed by atoms with Gasteiger partial charge in [-0.25, -0.2) is 0 Å². The number of carbonyl (C=O) groups is 3. The van der Waals surface area contributed by atoms with E-state index >= 15 is 0 Å². The molecule has 1 aliphatic heterocycles. The van der Waals surface area contributed by atoms with E-state index in [9.17, 15) is 19.5 Å². The first kappa shape index (κ1) is 26.6. The number of anilines is 2. The molecule has 2 heterocycles. The molecule has 2 N–H and O–H groups in total. The van der Waals surface area contributed by atoms with Crippen molar-refractivity contribution in [2.45, 2.75) is 46.1 Å². The number of ether oxygens (including phenoxy) is 1. The number of nitrogens with zero attached hydrogens (tertiary/aromatic N) is 2. The number of hydrogen-bond donors (Lipinski definition) is 2. The van der Waals surface area contributed by atoms with Gasteiger partial charge in [-0.05, 0) is 66.4 Å². The second-order valence-electron chi connectivity index (χ2n) is 10.1. The first-order valence-corrected chi connectivity index (χ1v) is 12.4. The summed E-state index contributed by atoms with van der Waals surface area (Å²) in [6.45, 7) is 9.88.